The molecule has 2 aromatic rings. The Bertz CT molecular complexity index is 572. The zero-order chi connectivity index (χ0) is 11.0. The summed E-state index contributed by atoms with van der Waals surface area (Å²) in [5, 5.41) is 1.39. The maximum atomic E-state index is 11.8. The van der Waals surface area contributed by atoms with Crippen molar-refractivity contribution in [1.29, 1.82) is 0 Å². The molecular weight excluding hydrogens is 210 g/mol. The zero-order valence-corrected chi connectivity index (χ0v) is 9.48. The normalized spacial score (nSPS) is 10.9. The molecule has 0 bridgehead atoms. The van der Waals surface area contributed by atoms with Crippen molar-refractivity contribution >= 4 is 22.5 Å². The summed E-state index contributed by atoms with van der Waals surface area (Å²) in [6.45, 7) is 3.90. The molecule has 2 nitrogen and oxygen atoms in total. The number of pyridine rings is 1. The molecule has 78 valence electrons. The van der Waals surface area contributed by atoms with Crippen molar-refractivity contribution < 1.29 is 0 Å². The van der Waals surface area contributed by atoms with Gasteiger partial charge < -0.3 is 4.98 Å². The number of nitrogens with one attached hydrogen (secondary N) is 1. The van der Waals surface area contributed by atoms with E-state index in [1.165, 1.54) is 0 Å². The summed E-state index contributed by atoms with van der Waals surface area (Å²) < 4.78 is 0. The number of hydrogen-bond acceptors (Lipinski definition) is 1. The first-order chi connectivity index (χ1) is 7.11. The van der Waals surface area contributed by atoms with Crippen LogP contribution >= 0.6 is 11.6 Å². The molecule has 0 aliphatic rings. The second-order valence-corrected chi connectivity index (χ2v) is 4.07. The number of fused-ring (bicyclic) bond motifs is 1. The van der Waals surface area contributed by atoms with Crippen molar-refractivity contribution in [3.63, 3.8) is 0 Å². The Morgan fingerprint density at radius 1 is 1.33 bits per heavy atom. The minimum absolute atomic E-state index is 0.0559. The van der Waals surface area contributed by atoms with E-state index in [1.54, 1.807) is 6.07 Å². The van der Waals surface area contributed by atoms with E-state index in [4.69, 9.17) is 11.6 Å². The lowest BCUT2D eigenvalue weighted by atomic mass is 10.1. The fraction of sp³-hybridized carbons (Fsp3) is 0.250. The number of halogens is 1. The van der Waals surface area contributed by atoms with Crippen LogP contribution in [0, 0.1) is 6.92 Å². The van der Waals surface area contributed by atoms with Crippen molar-refractivity contribution in [1.82, 2.24) is 4.98 Å². The molecule has 0 unspecified atom stereocenters. The lowest BCUT2D eigenvalue weighted by Crippen LogP contribution is -2.04. The first-order valence-electron chi connectivity index (χ1n) is 4.94. The van der Waals surface area contributed by atoms with E-state index in [9.17, 15) is 4.79 Å². The molecule has 3 heteroatoms. The molecule has 1 aromatic heterocycles. The summed E-state index contributed by atoms with van der Waals surface area (Å²) in [7, 11) is 0. The minimum Gasteiger partial charge on any atom is -0.358 e. The molecule has 0 aliphatic heterocycles. The highest BCUT2D eigenvalue weighted by Crippen LogP contribution is 2.20. The molecule has 0 saturated heterocycles. The Labute approximate surface area is 92.9 Å². The Morgan fingerprint density at radius 2 is 2.07 bits per heavy atom. The van der Waals surface area contributed by atoms with Gasteiger partial charge in [-0.15, -0.1) is 0 Å². The highest BCUT2D eigenvalue weighted by atomic mass is 35.5. The fourth-order valence-corrected chi connectivity index (χ4v) is 1.79. The molecule has 0 amide bonds. The minimum atomic E-state index is 0.0559. The molecule has 2 rings (SSSR count). The van der Waals surface area contributed by atoms with Gasteiger partial charge >= 0.3 is 0 Å². The van der Waals surface area contributed by atoms with Crippen LogP contribution in [0.1, 0.15) is 18.2 Å². The van der Waals surface area contributed by atoms with Gasteiger partial charge in [0, 0.05) is 22.2 Å². The molecular formula is C12H12ClNO. The molecule has 0 fully saturated rings. The number of benzene rings is 1. The van der Waals surface area contributed by atoms with Crippen molar-refractivity contribution in [2.24, 2.45) is 0 Å². The monoisotopic (exact) mass is 221 g/mol. The summed E-state index contributed by atoms with van der Waals surface area (Å²) in [6, 6.07) is 5.29. The summed E-state index contributed by atoms with van der Waals surface area (Å²) >= 11 is 6.01. The van der Waals surface area contributed by atoms with Gasteiger partial charge in [-0.2, -0.15) is 0 Å². The van der Waals surface area contributed by atoms with Crippen LogP contribution in [0.15, 0.2) is 23.0 Å². The Morgan fingerprint density at radius 3 is 2.73 bits per heavy atom. The summed E-state index contributed by atoms with van der Waals surface area (Å²) in [4.78, 5) is 15.0. The van der Waals surface area contributed by atoms with Gasteiger partial charge in [-0.05, 0) is 31.0 Å². The molecule has 1 aromatic carbocycles. The molecule has 0 aliphatic carbocycles. The van der Waals surface area contributed by atoms with Crippen molar-refractivity contribution in [2.45, 2.75) is 20.3 Å². The van der Waals surface area contributed by atoms with Crippen LogP contribution in [0.3, 0.4) is 0 Å². The van der Waals surface area contributed by atoms with Gasteiger partial charge in [-0.25, -0.2) is 0 Å². The average molecular weight is 222 g/mol. The predicted octanol–water partition coefficient (Wildman–Crippen LogP) is 3.05. The summed E-state index contributed by atoms with van der Waals surface area (Å²) in [5.74, 6) is 0. The fourth-order valence-electron chi connectivity index (χ4n) is 1.62. The quantitative estimate of drug-likeness (QED) is 0.789. The van der Waals surface area contributed by atoms with E-state index in [0.29, 0.717) is 10.4 Å². The van der Waals surface area contributed by atoms with Gasteiger partial charge in [-0.1, -0.05) is 18.5 Å². The molecule has 0 radical (unpaired) electrons. The van der Waals surface area contributed by atoms with Gasteiger partial charge in [0.15, 0.2) is 5.43 Å². The standard InChI is InChI=1S/C12H12ClNO/c1-3-8-5-12(15)9-4-7(2)10(13)6-11(9)14-8/h4-6H,3H2,1-2H3,(H,14,15). The molecule has 1 N–H and O–H groups in total. The highest BCUT2D eigenvalue weighted by molar-refractivity contribution is 6.32. The largest absolute Gasteiger partial charge is 0.358 e. The predicted molar refractivity (Wildman–Crippen MR) is 63.7 cm³/mol. The Kier molecular flexibility index (Phi) is 2.53. The van der Waals surface area contributed by atoms with Gasteiger partial charge in [-0.3, -0.25) is 4.79 Å². The van der Waals surface area contributed by atoms with Crippen molar-refractivity contribution in [2.75, 3.05) is 0 Å². The molecule has 15 heavy (non-hydrogen) atoms. The molecule has 0 spiro atoms. The van der Waals surface area contributed by atoms with E-state index in [2.05, 4.69) is 4.98 Å². The second-order valence-electron chi connectivity index (χ2n) is 3.66. The van der Waals surface area contributed by atoms with E-state index in [-0.39, 0.29) is 5.43 Å². The number of rotatable bonds is 1. The van der Waals surface area contributed by atoms with Gasteiger partial charge in [0.2, 0.25) is 0 Å². The SMILES string of the molecule is CCc1cc(=O)c2cc(C)c(Cl)cc2[nH]1. The Hall–Kier alpha value is -1.28. The topological polar surface area (TPSA) is 32.9 Å². The number of aromatic nitrogens is 1. The molecule has 0 atom stereocenters. The average Bonchev–Trinajstić information content (AvgIpc) is 2.21. The third-order valence-corrected chi connectivity index (χ3v) is 2.95. The lowest BCUT2D eigenvalue weighted by Gasteiger charge is -2.04. The number of aromatic amines is 1. The maximum Gasteiger partial charge on any atom is 0.189 e. The van der Waals surface area contributed by atoms with Crippen LogP contribution in [0.2, 0.25) is 5.02 Å². The lowest BCUT2D eigenvalue weighted by molar-refractivity contribution is 1.05. The van der Waals surface area contributed by atoms with E-state index < -0.39 is 0 Å². The number of H-pyrrole nitrogens is 1. The van der Waals surface area contributed by atoms with Crippen LogP contribution in [0.25, 0.3) is 10.9 Å². The van der Waals surface area contributed by atoms with Crippen LogP contribution in [0.5, 0.6) is 0 Å². The van der Waals surface area contributed by atoms with Gasteiger partial charge in [0.25, 0.3) is 0 Å². The third kappa shape index (κ3) is 1.77. The smallest absolute Gasteiger partial charge is 0.189 e. The highest BCUT2D eigenvalue weighted by Gasteiger charge is 2.04. The van der Waals surface area contributed by atoms with Gasteiger partial charge in [0.1, 0.15) is 0 Å². The first kappa shape index (κ1) is 10.2. The van der Waals surface area contributed by atoms with Crippen LogP contribution in [0.4, 0.5) is 0 Å². The van der Waals surface area contributed by atoms with E-state index >= 15 is 0 Å². The van der Waals surface area contributed by atoms with E-state index in [0.717, 1.165) is 23.2 Å². The Balaban J connectivity index is 2.86. The molecule has 0 saturated carbocycles. The van der Waals surface area contributed by atoms with Crippen LogP contribution in [-0.4, -0.2) is 4.98 Å². The number of hydrogen-bond donors (Lipinski definition) is 1. The number of aryl methyl sites for hydroxylation is 2. The summed E-state index contributed by atoms with van der Waals surface area (Å²) in [6.07, 6.45) is 0.816. The van der Waals surface area contributed by atoms with Crippen LogP contribution < -0.4 is 5.43 Å². The maximum absolute atomic E-state index is 11.8. The first-order valence-corrected chi connectivity index (χ1v) is 5.31. The van der Waals surface area contributed by atoms with E-state index in [1.807, 2.05) is 26.0 Å². The summed E-state index contributed by atoms with van der Waals surface area (Å²) in [5.41, 5.74) is 2.74. The van der Waals surface area contributed by atoms with Crippen molar-refractivity contribution in [3.8, 4) is 0 Å². The zero-order valence-electron chi connectivity index (χ0n) is 8.73. The third-order valence-electron chi connectivity index (χ3n) is 2.55. The van der Waals surface area contributed by atoms with Crippen LogP contribution in [-0.2, 0) is 6.42 Å². The second kappa shape index (κ2) is 3.70. The van der Waals surface area contributed by atoms with Crippen molar-refractivity contribution in [3.05, 3.63) is 44.7 Å². The van der Waals surface area contributed by atoms with Gasteiger partial charge in [0.05, 0.1) is 5.52 Å². The molecule has 1 heterocycles.